The summed E-state index contributed by atoms with van der Waals surface area (Å²) in [6, 6.07) is 0. The van der Waals surface area contributed by atoms with Gasteiger partial charge in [-0.3, -0.25) is 4.55 Å². The summed E-state index contributed by atoms with van der Waals surface area (Å²) < 4.78 is 27.3. The monoisotopic (exact) mass is 167 g/mol. The van der Waals surface area contributed by atoms with Crippen LogP contribution in [0.1, 0.15) is 0 Å². The third-order valence-electron chi connectivity index (χ3n) is 0.328. The van der Waals surface area contributed by atoms with Crippen molar-refractivity contribution < 1.29 is 23.0 Å². The topological polar surface area (TPSA) is 94.8 Å². The molecule has 0 atom stereocenters. The fourth-order valence-corrected chi connectivity index (χ4v) is 0.447. The van der Waals surface area contributed by atoms with Crippen molar-refractivity contribution in [3.63, 3.8) is 0 Å². The van der Waals surface area contributed by atoms with E-state index in [9.17, 15) is 8.42 Å². The minimum absolute atomic E-state index is 0. The highest BCUT2D eigenvalue weighted by molar-refractivity contribution is 7.85. The highest BCUT2D eigenvalue weighted by atomic mass is 32.2. The van der Waals surface area contributed by atoms with Gasteiger partial charge in [-0.25, -0.2) is 0 Å². The van der Waals surface area contributed by atoms with E-state index in [1.54, 1.807) is 0 Å². The van der Waals surface area contributed by atoms with Crippen molar-refractivity contribution in [2.24, 2.45) is 0 Å². The Kier molecular flexibility index (Phi) is 8.32. The van der Waals surface area contributed by atoms with Crippen LogP contribution in [0.25, 0.3) is 0 Å². The predicted octanol–water partition coefficient (Wildman–Crippen LogP) is -1.43. The Morgan fingerprint density at radius 2 is 1.80 bits per heavy atom. The van der Waals surface area contributed by atoms with Crippen LogP contribution in [0.4, 0.5) is 0 Å². The second-order valence-corrected chi connectivity index (χ2v) is 2.65. The molecule has 0 heterocycles. The largest absolute Gasteiger partial charge is 0.482 e. The molecule has 0 rings (SSSR count). The van der Waals surface area contributed by atoms with Crippen molar-refractivity contribution in [1.82, 2.24) is 0 Å². The molecule has 0 aromatic heterocycles. The van der Waals surface area contributed by atoms with Crippen LogP contribution >= 0.6 is 0 Å². The molecule has 0 aliphatic carbocycles. The van der Waals surface area contributed by atoms with Gasteiger partial charge in [0, 0.05) is 0 Å². The van der Waals surface area contributed by atoms with Gasteiger partial charge in [-0.2, -0.15) is 8.42 Å². The Labute approximate surface area is 60.1 Å². The summed E-state index contributed by atoms with van der Waals surface area (Å²) >= 11 is 0. The molecule has 0 aromatic carbocycles. The van der Waals surface area contributed by atoms with Gasteiger partial charge in [0.1, 0.15) is 0 Å². The summed E-state index contributed by atoms with van der Waals surface area (Å²) in [4.78, 5) is 0. The maximum atomic E-state index is 9.72. The Hall–Kier alpha value is -0.365. The van der Waals surface area contributed by atoms with Gasteiger partial charge in [0.2, 0.25) is 0 Å². The zero-order chi connectivity index (χ0) is 8.62. The lowest BCUT2D eigenvalue weighted by Gasteiger charge is -1.82. The average molecular weight is 167 g/mol. The van der Waals surface area contributed by atoms with E-state index in [1.165, 1.54) is 0 Å². The number of rotatable bonds is 2. The summed E-state index contributed by atoms with van der Waals surface area (Å²) in [5.41, 5.74) is 0. The SMILES string of the molecule is C=CCS(=O)(=O)O.O[B]O. The fraction of sp³-hybridized carbons (Fsp3) is 0.333. The normalized spacial score (nSPS) is 9.10. The molecule has 59 valence electrons. The van der Waals surface area contributed by atoms with Gasteiger partial charge in [-0.05, 0) is 0 Å². The van der Waals surface area contributed by atoms with E-state index < -0.39 is 10.1 Å². The highest BCUT2D eigenvalue weighted by Gasteiger charge is 1.95. The van der Waals surface area contributed by atoms with Gasteiger partial charge in [-0.15, -0.1) is 6.58 Å². The zero-order valence-corrected chi connectivity index (χ0v) is 5.95. The maximum Gasteiger partial charge on any atom is 0.482 e. The third-order valence-corrected chi connectivity index (χ3v) is 0.985. The van der Waals surface area contributed by atoms with Crippen LogP contribution in [-0.4, -0.2) is 36.5 Å². The molecule has 0 amide bonds. The van der Waals surface area contributed by atoms with Gasteiger partial charge >= 0.3 is 7.69 Å². The summed E-state index contributed by atoms with van der Waals surface area (Å²) in [6.07, 6.45) is 1.12. The third kappa shape index (κ3) is 25.4. The van der Waals surface area contributed by atoms with E-state index >= 15 is 0 Å². The Morgan fingerprint density at radius 3 is 1.80 bits per heavy atom. The van der Waals surface area contributed by atoms with E-state index in [1.807, 2.05) is 0 Å². The molecule has 0 saturated carbocycles. The Morgan fingerprint density at radius 1 is 1.50 bits per heavy atom. The summed E-state index contributed by atoms with van der Waals surface area (Å²) in [6.45, 7) is 3.11. The highest BCUT2D eigenvalue weighted by Crippen LogP contribution is 1.78. The van der Waals surface area contributed by atoms with Crippen LogP contribution in [-0.2, 0) is 10.1 Å². The molecule has 1 radical (unpaired) electrons. The molecule has 0 aliphatic heterocycles. The van der Waals surface area contributed by atoms with Gasteiger partial charge in [-0.1, -0.05) is 6.08 Å². The van der Waals surface area contributed by atoms with Gasteiger partial charge in [0.25, 0.3) is 10.1 Å². The summed E-state index contributed by atoms with van der Waals surface area (Å²) in [5.74, 6) is -0.368. The molecule has 0 bridgehead atoms. The minimum atomic E-state index is -3.79. The number of hydrogen-bond acceptors (Lipinski definition) is 4. The first-order chi connectivity index (χ1) is 4.47. The Bertz CT molecular complexity index is 162. The van der Waals surface area contributed by atoms with Gasteiger partial charge in [0.05, 0.1) is 5.75 Å². The van der Waals surface area contributed by atoms with Crippen LogP contribution < -0.4 is 0 Å². The molecule has 0 saturated heterocycles. The summed E-state index contributed by atoms with van der Waals surface area (Å²) in [7, 11) is -3.79. The molecule has 0 aromatic rings. The van der Waals surface area contributed by atoms with E-state index in [2.05, 4.69) is 6.58 Å². The second kappa shape index (κ2) is 6.75. The molecule has 0 fully saturated rings. The fourth-order valence-electron chi connectivity index (χ4n) is 0.149. The van der Waals surface area contributed by atoms with E-state index in [0.717, 1.165) is 6.08 Å². The van der Waals surface area contributed by atoms with E-state index in [-0.39, 0.29) is 13.4 Å². The van der Waals surface area contributed by atoms with Crippen LogP contribution in [0.15, 0.2) is 12.7 Å². The molecule has 3 N–H and O–H groups in total. The lowest BCUT2D eigenvalue weighted by atomic mass is 10.5. The van der Waals surface area contributed by atoms with Crippen molar-refractivity contribution in [3.05, 3.63) is 12.7 Å². The molecular weight excluding hydrogens is 159 g/mol. The molecule has 7 heteroatoms. The van der Waals surface area contributed by atoms with Gasteiger partial charge < -0.3 is 10.0 Å². The Balaban J connectivity index is 0. The van der Waals surface area contributed by atoms with Crippen LogP contribution in [0, 0.1) is 0 Å². The van der Waals surface area contributed by atoms with E-state index in [0.29, 0.717) is 0 Å². The summed E-state index contributed by atoms with van der Waals surface area (Å²) in [5, 5.41) is 14.0. The molecule has 0 unspecified atom stereocenters. The smallest absolute Gasteiger partial charge is 0.429 e. The zero-order valence-electron chi connectivity index (χ0n) is 5.14. The van der Waals surface area contributed by atoms with Crippen molar-refractivity contribution in [1.29, 1.82) is 0 Å². The van der Waals surface area contributed by atoms with Crippen molar-refractivity contribution in [2.75, 3.05) is 5.75 Å². The molecule has 0 spiro atoms. The lowest BCUT2D eigenvalue weighted by molar-refractivity contribution is 0.448. The molecule has 5 nitrogen and oxygen atoms in total. The first-order valence-corrected chi connectivity index (χ1v) is 3.75. The average Bonchev–Trinajstić information content (AvgIpc) is 1.63. The maximum absolute atomic E-state index is 9.72. The van der Waals surface area contributed by atoms with E-state index in [4.69, 9.17) is 14.6 Å². The molecule has 10 heavy (non-hydrogen) atoms. The molecule has 0 aliphatic rings. The number of hydrogen-bond donors (Lipinski definition) is 3. The van der Waals surface area contributed by atoms with Crippen molar-refractivity contribution in [3.8, 4) is 0 Å². The second-order valence-electron chi connectivity index (χ2n) is 1.15. The first-order valence-electron chi connectivity index (χ1n) is 2.14. The standard InChI is InChI=1S/C3H6O3S.BH2O2/c1-2-3-7(4,5)6;2-1-3/h2H,1,3H2,(H,4,5,6);2-3H. The van der Waals surface area contributed by atoms with Crippen LogP contribution in [0.3, 0.4) is 0 Å². The van der Waals surface area contributed by atoms with Crippen molar-refractivity contribution in [2.45, 2.75) is 0 Å². The lowest BCUT2D eigenvalue weighted by Crippen LogP contribution is -1.99. The predicted molar refractivity (Wildman–Crippen MR) is 36.8 cm³/mol. The molecular formula is C3H8BO5S. The van der Waals surface area contributed by atoms with Crippen LogP contribution in [0.5, 0.6) is 0 Å². The van der Waals surface area contributed by atoms with Crippen LogP contribution in [0.2, 0.25) is 0 Å². The minimum Gasteiger partial charge on any atom is -0.429 e. The van der Waals surface area contributed by atoms with Gasteiger partial charge in [0.15, 0.2) is 0 Å². The van der Waals surface area contributed by atoms with Crippen molar-refractivity contribution >= 4 is 17.8 Å². The quantitative estimate of drug-likeness (QED) is 0.266. The first kappa shape index (κ1) is 12.3.